The van der Waals surface area contributed by atoms with Crippen LogP contribution in [0.4, 0.5) is 0 Å². The highest BCUT2D eigenvalue weighted by Crippen LogP contribution is 2.18. The summed E-state index contributed by atoms with van der Waals surface area (Å²) >= 11 is 0. The van der Waals surface area contributed by atoms with E-state index < -0.39 is 0 Å². The number of aromatic nitrogens is 2. The Hall–Kier alpha value is -3.08. The largest absolute Gasteiger partial charge is 0.494 e. The summed E-state index contributed by atoms with van der Waals surface area (Å²) in [7, 11) is 0. The van der Waals surface area contributed by atoms with Gasteiger partial charge in [0.15, 0.2) is 0 Å². The van der Waals surface area contributed by atoms with Crippen LogP contribution in [0.2, 0.25) is 0 Å². The van der Waals surface area contributed by atoms with Crippen molar-refractivity contribution in [3.63, 3.8) is 0 Å². The molecule has 0 aliphatic heterocycles. The predicted octanol–water partition coefficient (Wildman–Crippen LogP) is 4.52. The third kappa shape index (κ3) is 6.21. The second-order valence-electron chi connectivity index (χ2n) is 6.99. The second-order valence-corrected chi connectivity index (χ2v) is 6.99. The van der Waals surface area contributed by atoms with Gasteiger partial charge in [-0.25, -0.2) is 4.98 Å². The molecule has 1 heterocycles. The molecular weight excluding hydrogens is 362 g/mol. The van der Waals surface area contributed by atoms with Gasteiger partial charge in [0, 0.05) is 19.5 Å². The van der Waals surface area contributed by atoms with Crippen LogP contribution in [0.5, 0.6) is 5.75 Å². The molecule has 1 N–H and O–H groups in total. The topological polar surface area (TPSA) is 56.2 Å². The van der Waals surface area contributed by atoms with Crippen LogP contribution in [-0.2, 0) is 17.8 Å². The number of nitrogens with one attached hydrogen (secondary N) is 1. The number of nitrogens with zero attached hydrogens (tertiary/aromatic N) is 2. The van der Waals surface area contributed by atoms with E-state index in [1.54, 1.807) is 0 Å². The first-order chi connectivity index (χ1) is 14.3. The van der Waals surface area contributed by atoms with E-state index >= 15 is 0 Å². The number of para-hydroxylation sites is 3. The number of hydrogen-bond donors (Lipinski definition) is 1. The summed E-state index contributed by atoms with van der Waals surface area (Å²) in [5, 5.41) is 2.82. The lowest BCUT2D eigenvalue weighted by atomic mass is 10.2. The van der Waals surface area contributed by atoms with Gasteiger partial charge in [0.2, 0.25) is 5.91 Å². The number of carbonyl (C=O) groups excluding carboxylic acids is 1. The van der Waals surface area contributed by atoms with E-state index in [0.29, 0.717) is 13.2 Å². The quantitative estimate of drug-likeness (QED) is 0.365. The van der Waals surface area contributed by atoms with Gasteiger partial charge in [-0.3, -0.25) is 4.79 Å². The Balaban J connectivity index is 1.51. The van der Waals surface area contributed by atoms with Gasteiger partial charge in [-0.2, -0.15) is 0 Å². The maximum Gasteiger partial charge on any atom is 0.243 e. The van der Waals surface area contributed by atoms with Gasteiger partial charge in [0.25, 0.3) is 0 Å². The number of fused-ring (bicyclic) bond motifs is 1. The normalized spacial score (nSPS) is 10.8. The highest BCUT2D eigenvalue weighted by Gasteiger charge is 2.10. The van der Waals surface area contributed by atoms with Crippen molar-refractivity contribution in [2.75, 3.05) is 13.2 Å². The molecule has 0 aliphatic carbocycles. The number of unbranched alkanes of at least 4 members (excludes halogenated alkanes) is 2. The molecule has 0 unspecified atom stereocenters. The van der Waals surface area contributed by atoms with Gasteiger partial charge in [-0.1, -0.05) is 43.3 Å². The maximum atomic E-state index is 11.2. The highest BCUT2D eigenvalue weighted by molar-refractivity contribution is 5.86. The van der Waals surface area contributed by atoms with Gasteiger partial charge < -0.3 is 14.6 Å². The molecule has 0 fully saturated rings. The van der Waals surface area contributed by atoms with E-state index in [-0.39, 0.29) is 5.91 Å². The summed E-state index contributed by atoms with van der Waals surface area (Å²) in [4.78, 5) is 16.0. The third-order valence-corrected chi connectivity index (χ3v) is 4.83. The Kier molecular flexibility index (Phi) is 7.87. The molecule has 2 aromatic carbocycles. The third-order valence-electron chi connectivity index (χ3n) is 4.83. The van der Waals surface area contributed by atoms with Gasteiger partial charge >= 0.3 is 0 Å². The molecule has 0 radical (unpaired) electrons. The molecule has 1 aromatic heterocycles. The van der Waals surface area contributed by atoms with E-state index in [2.05, 4.69) is 34.7 Å². The molecule has 152 valence electrons. The smallest absolute Gasteiger partial charge is 0.243 e. The van der Waals surface area contributed by atoms with Crippen LogP contribution >= 0.6 is 0 Å². The van der Waals surface area contributed by atoms with Crippen molar-refractivity contribution in [3.05, 3.63) is 73.1 Å². The zero-order valence-electron chi connectivity index (χ0n) is 16.8. The second kappa shape index (κ2) is 11.1. The minimum atomic E-state index is -0.107. The molecule has 5 nitrogen and oxygen atoms in total. The fourth-order valence-corrected chi connectivity index (χ4v) is 3.36. The molecule has 1 amide bonds. The SMILES string of the molecule is C=CC(=O)NCCCCCc1nc2ccccc2n1CCCOc1ccccc1. The number of hydrogen-bond acceptors (Lipinski definition) is 3. The first kappa shape index (κ1) is 20.6. The van der Waals surface area contributed by atoms with Crippen molar-refractivity contribution in [3.8, 4) is 5.75 Å². The maximum absolute atomic E-state index is 11.2. The monoisotopic (exact) mass is 391 g/mol. The van der Waals surface area contributed by atoms with Crippen molar-refractivity contribution in [2.45, 2.75) is 38.6 Å². The van der Waals surface area contributed by atoms with Crippen molar-refractivity contribution in [1.82, 2.24) is 14.9 Å². The first-order valence-electron chi connectivity index (χ1n) is 10.3. The number of imidazole rings is 1. The van der Waals surface area contributed by atoms with Gasteiger partial charge in [-0.15, -0.1) is 0 Å². The van der Waals surface area contributed by atoms with Gasteiger partial charge in [-0.05, 0) is 49.6 Å². The van der Waals surface area contributed by atoms with Gasteiger partial charge in [0.05, 0.1) is 17.6 Å². The molecule has 0 saturated heterocycles. The van der Waals surface area contributed by atoms with Gasteiger partial charge in [0.1, 0.15) is 11.6 Å². The fourth-order valence-electron chi connectivity index (χ4n) is 3.36. The number of carbonyl (C=O) groups is 1. The molecule has 0 saturated carbocycles. The van der Waals surface area contributed by atoms with Crippen LogP contribution < -0.4 is 10.1 Å². The zero-order chi connectivity index (χ0) is 20.3. The number of aryl methyl sites for hydroxylation is 2. The van der Waals surface area contributed by atoms with E-state index in [4.69, 9.17) is 9.72 Å². The number of rotatable bonds is 12. The van der Waals surface area contributed by atoms with E-state index in [9.17, 15) is 4.79 Å². The lowest BCUT2D eigenvalue weighted by Gasteiger charge is -2.10. The van der Waals surface area contributed by atoms with Crippen molar-refractivity contribution >= 4 is 16.9 Å². The van der Waals surface area contributed by atoms with E-state index in [0.717, 1.165) is 55.7 Å². The Morgan fingerprint density at radius 3 is 2.66 bits per heavy atom. The Labute approximate surface area is 172 Å². The summed E-state index contributed by atoms with van der Waals surface area (Å²) in [6.07, 6.45) is 6.24. The summed E-state index contributed by atoms with van der Waals surface area (Å²) in [6.45, 7) is 5.72. The van der Waals surface area contributed by atoms with Crippen molar-refractivity contribution in [2.24, 2.45) is 0 Å². The Morgan fingerprint density at radius 1 is 1.03 bits per heavy atom. The molecule has 0 bridgehead atoms. The zero-order valence-corrected chi connectivity index (χ0v) is 16.8. The molecule has 5 heteroatoms. The molecule has 0 aliphatic rings. The van der Waals surface area contributed by atoms with Crippen LogP contribution in [-0.4, -0.2) is 28.6 Å². The summed E-state index contributed by atoms with van der Waals surface area (Å²) in [6, 6.07) is 18.2. The predicted molar refractivity (Wildman–Crippen MR) is 117 cm³/mol. The number of benzene rings is 2. The average Bonchev–Trinajstić information content (AvgIpc) is 3.11. The van der Waals surface area contributed by atoms with Crippen LogP contribution in [0, 0.1) is 0 Å². The molecule has 0 atom stereocenters. The lowest BCUT2D eigenvalue weighted by Crippen LogP contribution is -2.21. The number of amides is 1. The summed E-state index contributed by atoms with van der Waals surface area (Å²) in [5.74, 6) is 1.93. The lowest BCUT2D eigenvalue weighted by molar-refractivity contribution is -0.116. The molecule has 29 heavy (non-hydrogen) atoms. The summed E-state index contributed by atoms with van der Waals surface area (Å²) in [5.41, 5.74) is 2.23. The van der Waals surface area contributed by atoms with Crippen LogP contribution in [0.1, 0.15) is 31.5 Å². The van der Waals surface area contributed by atoms with Crippen molar-refractivity contribution < 1.29 is 9.53 Å². The highest BCUT2D eigenvalue weighted by atomic mass is 16.5. The van der Waals surface area contributed by atoms with Crippen LogP contribution in [0.3, 0.4) is 0 Å². The Morgan fingerprint density at radius 2 is 1.83 bits per heavy atom. The van der Waals surface area contributed by atoms with E-state index in [1.165, 1.54) is 11.6 Å². The first-order valence-corrected chi connectivity index (χ1v) is 10.3. The standard InChI is InChI=1S/C24H29N3O2/c1-2-24(28)25-17-10-4-7-16-23-26-21-14-8-9-15-22(21)27(23)18-11-19-29-20-12-5-3-6-13-20/h2-3,5-6,8-9,12-15H,1,4,7,10-11,16-19H2,(H,25,28). The summed E-state index contributed by atoms with van der Waals surface area (Å²) < 4.78 is 8.16. The fraction of sp³-hybridized carbons (Fsp3) is 0.333. The van der Waals surface area contributed by atoms with E-state index in [1.807, 2.05) is 36.4 Å². The molecule has 0 spiro atoms. The minimum absolute atomic E-state index is 0.107. The van der Waals surface area contributed by atoms with Crippen LogP contribution in [0.15, 0.2) is 67.3 Å². The van der Waals surface area contributed by atoms with Crippen LogP contribution in [0.25, 0.3) is 11.0 Å². The average molecular weight is 392 g/mol. The molecule has 3 aromatic rings. The molecular formula is C24H29N3O2. The van der Waals surface area contributed by atoms with Crippen molar-refractivity contribution in [1.29, 1.82) is 0 Å². The number of ether oxygens (including phenoxy) is 1. The Bertz CT molecular complexity index is 918. The minimum Gasteiger partial charge on any atom is -0.494 e. The molecule has 3 rings (SSSR count).